The second-order valence-corrected chi connectivity index (χ2v) is 3.57. The molecule has 2 nitrogen and oxygen atoms in total. The number of carbonyl (C=O) groups excluding carboxylic acids is 1. The predicted molar refractivity (Wildman–Crippen MR) is 50.5 cm³/mol. The van der Waals surface area contributed by atoms with Crippen molar-refractivity contribution in [1.29, 1.82) is 0 Å². The number of benzene rings is 1. The van der Waals surface area contributed by atoms with Crippen LogP contribution >= 0.6 is 11.6 Å². The van der Waals surface area contributed by atoms with Gasteiger partial charge >= 0.3 is 0 Å². The van der Waals surface area contributed by atoms with E-state index in [4.69, 9.17) is 16.3 Å². The molecule has 0 saturated heterocycles. The summed E-state index contributed by atoms with van der Waals surface area (Å²) in [5.41, 5.74) is 1.63. The maximum absolute atomic E-state index is 11.4. The molecule has 1 aromatic rings. The highest BCUT2D eigenvalue weighted by molar-refractivity contribution is 6.25. The van der Waals surface area contributed by atoms with E-state index in [9.17, 15) is 4.79 Å². The van der Waals surface area contributed by atoms with Crippen LogP contribution in [0.25, 0.3) is 0 Å². The second-order valence-electron chi connectivity index (χ2n) is 3.05. The molecule has 2 rings (SSSR count). The summed E-state index contributed by atoms with van der Waals surface area (Å²) in [6.07, 6.45) is 0.407. The molecule has 1 unspecified atom stereocenters. The van der Waals surface area contributed by atoms with Crippen LogP contribution in [0.2, 0.25) is 0 Å². The van der Waals surface area contributed by atoms with E-state index < -0.39 is 0 Å². The van der Waals surface area contributed by atoms with Gasteiger partial charge in [-0.1, -0.05) is 0 Å². The second kappa shape index (κ2) is 3.04. The molecule has 68 valence electrons. The molecule has 1 atom stereocenters. The number of fused-ring (bicyclic) bond motifs is 1. The van der Waals surface area contributed by atoms with Gasteiger partial charge in [-0.2, -0.15) is 0 Å². The Morgan fingerprint density at radius 3 is 3.00 bits per heavy atom. The number of ether oxygens (including phenoxy) is 1. The molecule has 0 fully saturated rings. The van der Waals surface area contributed by atoms with Crippen LogP contribution in [0.5, 0.6) is 5.75 Å². The Balaban J connectivity index is 2.52. The van der Waals surface area contributed by atoms with Gasteiger partial charge in [-0.05, 0) is 23.8 Å². The van der Waals surface area contributed by atoms with Gasteiger partial charge in [0.05, 0.1) is 12.5 Å². The number of carbonyl (C=O) groups is 1. The Morgan fingerprint density at radius 1 is 1.54 bits per heavy atom. The van der Waals surface area contributed by atoms with Crippen molar-refractivity contribution in [3.05, 3.63) is 29.3 Å². The third kappa shape index (κ3) is 1.31. The number of Topliss-reactive ketones (excluding diaryl/α,β-unsaturated/α-hetero) is 1. The average molecular weight is 197 g/mol. The molecule has 0 bridgehead atoms. The maximum Gasteiger partial charge on any atom is 0.165 e. The highest BCUT2D eigenvalue weighted by Gasteiger charge is 2.27. The minimum Gasteiger partial charge on any atom is -0.497 e. The number of methoxy groups -OCH3 is 1. The highest BCUT2D eigenvalue weighted by Crippen LogP contribution is 2.37. The first-order valence-electron chi connectivity index (χ1n) is 4.07. The first kappa shape index (κ1) is 8.57. The van der Waals surface area contributed by atoms with E-state index in [1.807, 2.05) is 6.07 Å². The maximum atomic E-state index is 11.4. The van der Waals surface area contributed by atoms with E-state index in [-0.39, 0.29) is 11.2 Å². The summed E-state index contributed by atoms with van der Waals surface area (Å²) >= 11 is 5.99. The van der Waals surface area contributed by atoms with E-state index in [0.29, 0.717) is 6.42 Å². The summed E-state index contributed by atoms with van der Waals surface area (Å²) in [6, 6.07) is 5.39. The van der Waals surface area contributed by atoms with Crippen molar-refractivity contribution in [2.24, 2.45) is 0 Å². The molecule has 0 heterocycles. The summed E-state index contributed by atoms with van der Waals surface area (Å²) in [5, 5.41) is -0.183. The Labute approximate surface area is 81.5 Å². The molecule has 1 aromatic carbocycles. The quantitative estimate of drug-likeness (QED) is 0.646. The summed E-state index contributed by atoms with van der Waals surface area (Å²) in [4.78, 5) is 11.4. The monoisotopic (exact) mass is 196 g/mol. The van der Waals surface area contributed by atoms with Gasteiger partial charge in [-0.3, -0.25) is 4.79 Å². The largest absolute Gasteiger partial charge is 0.497 e. The van der Waals surface area contributed by atoms with Crippen LogP contribution in [0.15, 0.2) is 18.2 Å². The van der Waals surface area contributed by atoms with Gasteiger partial charge < -0.3 is 4.74 Å². The lowest BCUT2D eigenvalue weighted by atomic mass is 10.1. The molecule has 13 heavy (non-hydrogen) atoms. The molecule has 0 aromatic heterocycles. The molecular weight excluding hydrogens is 188 g/mol. The first-order valence-corrected chi connectivity index (χ1v) is 4.51. The van der Waals surface area contributed by atoms with Crippen LogP contribution in [0.3, 0.4) is 0 Å². The summed E-state index contributed by atoms with van der Waals surface area (Å²) in [5.74, 6) is 0.872. The van der Waals surface area contributed by atoms with Gasteiger partial charge in [0.25, 0.3) is 0 Å². The third-order valence-electron chi connectivity index (χ3n) is 2.26. The highest BCUT2D eigenvalue weighted by atomic mass is 35.5. The molecule has 1 aliphatic carbocycles. The SMILES string of the molecule is COc1ccc2c(c1)C(Cl)CC2=O. The lowest BCUT2D eigenvalue weighted by molar-refractivity contribution is 0.0993. The zero-order valence-electron chi connectivity index (χ0n) is 7.21. The summed E-state index contributed by atoms with van der Waals surface area (Å²) < 4.78 is 5.05. The number of halogens is 1. The van der Waals surface area contributed by atoms with Gasteiger partial charge in [-0.15, -0.1) is 11.6 Å². The number of ketones is 1. The van der Waals surface area contributed by atoms with Crippen molar-refractivity contribution in [3.8, 4) is 5.75 Å². The number of hydrogen-bond acceptors (Lipinski definition) is 2. The Morgan fingerprint density at radius 2 is 2.31 bits per heavy atom. The predicted octanol–water partition coefficient (Wildman–Crippen LogP) is 2.56. The van der Waals surface area contributed by atoms with Crippen LogP contribution in [0.1, 0.15) is 27.7 Å². The molecule has 0 aliphatic heterocycles. The number of alkyl halides is 1. The van der Waals surface area contributed by atoms with Crippen LogP contribution in [-0.2, 0) is 0 Å². The third-order valence-corrected chi connectivity index (χ3v) is 2.65. The standard InChI is InChI=1S/C10H9ClO2/c1-13-6-2-3-7-8(4-6)9(11)5-10(7)12/h2-4,9H,5H2,1H3. The van der Waals surface area contributed by atoms with Crippen LogP contribution in [0.4, 0.5) is 0 Å². The first-order chi connectivity index (χ1) is 6.22. The molecule has 0 saturated carbocycles. The van der Waals surface area contributed by atoms with Crippen molar-refractivity contribution in [3.63, 3.8) is 0 Å². The molecule has 0 radical (unpaired) electrons. The molecular formula is C10H9ClO2. The van der Waals surface area contributed by atoms with Crippen LogP contribution < -0.4 is 4.74 Å². The Bertz CT molecular complexity index is 360. The van der Waals surface area contributed by atoms with Gasteiger partial charge in [0.2, 0.25) is 0 Å². The van der Waals surface area contributed by atoms with Crippen molar-refractivity contribution in [2.75, 3.05) is 7.11 Å². The topological polar surface area (TPSA) is 26.3 Å². The van der Waals surface area contributed by atoms with Crippen molar-refractivity contribution < 1.29 is 9.53 Å². The molecule has 3 heteroatoms. The number of rotatable bonds is 1. The minimum atomic E-state index is -0.183. The molecule has 0 spiro atoms. The molecule has 1 aliphatic rings. The fourth-order valence-corrected chi connectivity index (χ4v) is 1.88. The Kier molecular flexibility index (Phi) is 2.00. The van der Waals surface area contributed by atoms with Crippen LogP contribution in [0, 0.1) is 0 Å². The average Bonchev–Trinajstić information content (AvgIpc) is 2.42. The fraction of sp³-hybridized carbons (Fsp3) is 0.300. The van der Waals surface area contributed by atoms with Gasteiger partial charge in [0.1, 0.15) is 5.75 Å². The van der Waals surface area contributed by atoms with Gasteiger partial charge in [-0.25, -0.2) is 0 Å². The van der Waals surface area contributed by atoms with Crippen molar-refractivity contribution in [1.82, 2.24) is 0 Å². The van der Waals surface area contributed by atoms with Gasteiger partial charge in [0, 0.05) is 12.0 Å². The van der Waals surface area contributed by atoms with Crippen LogP contribution in [-0.4, -0.2) is 12.9 Å². The zero-order chi connectivity index (χ0) is 9.42. The minimum absolute atomic E-state index is 0.123. The van der Waals surface area contributed by atoms with Crippen molar-refractivity contribution >= 4 is 17.4 Å². The van der Waals surface area contributed by atoms with E-state index in [2.05, 4.69) is 0 Å². The zero-order valence-corrected chi connectivity index (χ0v) is 7.97. The smallest absolute Gasteiger partial charge is 0.165 e. The lowest BCUT2D eigenvalue weighted by Gasteiger charge is -2.04. The molecule has 0 N–H and O–H groups in total. The summed E-state index contributed by atoms with van der Waals surface area (Å²) in [7, 11) is 1.60. The van der Waals surface area contributed by atoms with Crippen molar-refractivity contribution in [2.45, 2.75) is 11.8 Å². The fourth-order valence-electron chi connectivity index (χ4n) is 1.56. The van der Waals surface area contributed by atoms with Gasteiger partial charge in [0.15, 0.2) is 5.78 Å². The lowest BCUT2D eigenvalue weighted by Crippen LogP contribution is -1.91. The normalized spacial score (nSPS) is 20.2. The Hall–Kier alpha value is -1.02. The number of hydrogen-bond donors (Lipinski definition) is 0. The van der Waals surface area contributed by atoms with E-state index in [1.165, 1.54) is 0 Å². The molecule has 0 amide bonds. The van der Waals surface area contributed by atoms with E-state index in [0.717, 1.165) is 16.9 Å². The van der Waals surface area contributed by atoms with E-state index in [1.54, 1.807) is 19.2 Å². The summed E-state index contributed by atoms with van der Waals surface area (Å²) in [6.45, 7) is 0. The van der Waals surface area contributed by atoms with E-state index >= 15 is 0 Å².